The number of ether oxygens (including phenoxy) is 1. The molecule has 0 spiro atoms. The maximum atomic E-state index is 5.23. The Morgan fingerprint density at radius 1 is 1.47 bits per heavy atom. The standard InChI is InChI=1S/C12H25NOS/c1-4-13(11(2)8-14-3)9-12(10-15)6-5-7-12/h11,15H,4-10H2,1-3H3. The lowest BCUT2D eigenvalue weighted by atomic mass is 9.70. The van der Waals surface area contributed by atoms with E-state index < -0.39 is 0 Å². The van der Waals surface area contributed by atoms with E-state index >= 15 is 0 Å². The van der Waals surface area contributed by atoms with Crippen molar-refractivity contribution in [2.75, 3.05) is 32.6 Å². The zero-order chi connectivity index (χ0) is 11.3. The van der Waals surface area contributed by atoms with Crippen LogP contribution in [0.3, 0.4) is 0 Å². The number of rotatable bonds is 7. The SMILES string of the molecule is CCN(CC1(CS)CCC1)C(C)COC. The van der Waals surface area contributed by atoms with Crippen molar-refractivity contribution >= 4 is 12.6 Å². The maximum Gasteiger partial charge on any atom is 0.0615 e. The van der Waals surface area contributed by atoms with Crippen molar-refractivity contribution in [3.63, 3.8) is 0 Å². The van der Waals surface area contributed by atoms with Crippen LogP contribution >= 0.6 is 12.6 Å². The predicted molar refractivity (Wildman–Crippen MR) is 68.7 cm³/mol. The van der Waals surface area contributed by atoms with Gasteiger partial charge >= 0.3 is 0 Å². The molecule has 1 atom stereocenters. The van der Waals surface area contributed by atoms with Gasteiger partial charge in [0.25, 0.3) is 0 Å². The first-order chi connectivity index (χ1) is 7.17. The lowest BCUT2D eigenvalue weighted by Gasteiger charge is -2.45. The van der Waals surface area contributed by atoms with Crippen molar-refractivity contribution in [2.45, 2.75) is 39.2 Å². The average molecular weight is 231 g/mol. The van der Waals surface area contributed by atoms with E-state index in [1.165, 1.54) is 25.8 Å². The zero-order valence-electron chi connectivity index (χ0n) is 10.3. The molecule has 0 amide bonds. The van der Waals surface area contributed by atoms with Crippen molar-refractivity contribution in [1.29, 1.82) is 0 Å². The average Bonchev–Trinajstić information content (AvgIpc) is 2.18. The van der Waals surface area contributed by atoms with E-state index in [1.54, 1.807) is 7.11 Å². The summed E-state index contributed by atoms with van der Waals surface area (Å²) in [5, 5.41) is 0. The molecule has 0 aromatic rings. The Bertz CT molecular complexity index is 177. The first kappa shape index (κ1) is 13.3. The Balaban J connectivity index is 2.44. The molecule has 0 radical (unpaired) electrons. The fourth-order valence-corrected chi connectivity index (χ4v) is 2.82. The van der Waals surface area contributed by atoms with Crippen LogP contribution in [0.1, 0.15) is 33.1 Å². The third-order valence-corrected chi connectivity index (χ3v) is 4.40. The zero-order valence-corrected chi connectivity index (χ0v) is 11.2. The van der Waals surface area contributed by atoms with Gasteiger partial charge in [-0.2, -0.15) is 12.6 Å². The molecule has 1 fully saturated rings. The van der Waals surface area contributed by atoms with E-state index in [2.05, 4.69) is 31.4 Å². The topological polar surface area (TPSA) is 12.5 Å². The molecule has 3 heteroatoms. The predicted octanol–water partition coefficient (Wildman–Crippen LogP) is 2.44. The summed E-state index contributed by atoms with van der Waals surface area (Å²) in [7, 11) is 1.78. The molecule has 0 aromatic heterocycles. The second-order valence-corrected chi connectivity index (χ2v) is 5.20. The Morgan fingerprint density at radius 3 is 2.47 bits per heavy atom. The van der Waals surface area contributed by atoms with Crippen molar-refractivity contribution in [1.82, 2.24) is 4.90 Å². The van der Waals surface area contributed by atoms with Crippen LogP contribution in [0.4, 0.5) is 0 Å². The Kier molecular flexibility index (Phi) is 5.44. The van der Waals surface area contributed by atoms with Crippen molar-refractivity contribution < 1.29 is 4.74 Å². The smallest absolute Gasteiger partial charge is 0.0615 e. The van der Waals surface area contributed by atoms with Gasteiger partial charge in [0.05, 0.1) is 6.61 Å². The van der Waals surface area contributed by atoms with E-state index in [0.717, 1.165) is 18.9 Å². The van der Waals surface area contributed by atoms with Crippen LogP contribution in [0.5, 0.6) is 0 Å². The minimum absolute atomic E-state index is 0.501. The third-order valence-electron chi connectivity index (χ3n) is 3.73. The minimum atomic E-state index is 0.501. The van der Waals surface area contributed by atoms with Crippen molar-refractivity contribution in [3.8, 4) is 0 Å². The normalized spacial score (nSPS) is 21.4. The largest absolute Gasteiger partial charge is 0.383 e. The quantitative estimate of drug-likeness (QED) is 0.676. The summed E-state index contributed by atoms with van der Waals surface area (Å²) >= 11 is 4.51. The van der Waals surface area contributed by atoms with Gasteiger partial charge in [0.1, 0.15) is 0 Å². The molecule has 15 heavy (non-hydrogen) atoms. The van der Waals surface area contributed by atoms with Crippen LogP contribution in [0, 0.1) is 5.41 Å². The highest BCUT2D eigenvalue weighted by Crippen LogP contribution is 2.42. The maximum absolute atomic E-state index is 5.23. The highest BCUT2D eigenvalue weighted by molar-refractivity contribution is 7.80. The van der Waals surface area contributed by atoms with E-state index in [0.29, 0.717) is 11.5 Å². The number of nitrogens with zero attached hydrogens (tertiary/aromatic N) is 1. The van der Waals surface area contributed by atoms with Crippen molar-refractivity contribution in [2.24, 2.45) is 5.41 Å². The third kappa shape index (κ3) is 3.36. The van der Waals surface area contributed by atoms with Crippen LogP contribution in [-0.2, 0) is 4.74 Å². The van der Waals surface area contributed by atoms with E-state index in [4.69, 9.17) is 4.74 Å². The van der Waals surface area contributed by atoms with Gasteiger partial charge in [-0.15, -0.1) is 0 Å². The lowest BCUT2D eigenvalue weighted by molar-refractivity contribution is 0.0412. The number of thiol groups is 1. The molecule has 2 nitrogen and oxygen atoms in total. The van der Waals surface area contributed by atoms with Crippen LogP contribution in [0.2, 0.25) is 0 Å². The molecular weight excluding hydrogens is 206 g/mol. The summed E-state index contributed by atoms with van der Waals surface area (Å²) < 4.78 is 5.23. The number of methoxy groups -OCH3 is 1. The summed E-state index contributed by atoms with van der Waals surface area (Å²) in [6.45, 7) is 7.61. The molecule has 90 valence electrons. The number of hydrogen-bond donors (Lipinski definition) is 1. The molecule has 1 unspecified atom stereocenters. The molecule has 0 heterocycles. The van der Waals surface area contributed by atoms with E-state index in [-0.39, 0.29) is 0 Å². The highest BCUT2D eigenvalue weighted by Gasteiger charge is 2.37. The van der Waals surface area contributed by atoms with Crippen LogP contribution in [0.25, 0.3) is 0 Å². The van der Waals surface area contributed by atoms with Gasteiger partial charge in [0, 0.05) is 19.7 Å². The molecule has 1 aliphatic rings. The molecule has 0 N–H and O–H groups in total. The second-order valence-electron chi connectivity index (χ2n) is 4.88. The lowest BCUT2D eigenvalue weighted by Crippen LogP contribution is -2.47. The molecule has 1 rings (SSSR count). The van der Waals surface area contributed by atoms with Crippen molar-refractivity contribution in [3.05, 3.63) is 0 Å². The molecule has 0 bridgehead atoms. The van der Waals surface area contributed by atoms with Crippen LogP contribution in [0.15, 0.2) is 0 Å². The Morgan fingerprint density at radius 2 is 2.13 bits per heavy atom. The molecule has 0 aromatic carbocycles. The number of likely N-dealkylation sites (N-methyl/N-ethyl adjacent to an activating group) is 1. The number of hydrogen-bond acceptors (Lipinski definition) is 3. The van der Waals surface area contributed by atoms with E-state index in [9.17, 15) is 0 Å². The second kappa shape index (κ2) is 6.12. The summed E-state index contributed by atoms with van der Waals surface area (Å²) in [6, 6.07) is 0.525. The van der Waals surface area contributed by atoms with Gasteiger partial charge in [0.15, 0.2) is 0 Å². The minimum Gasteiger partial charge on any atom is -0.383 e. The first-order valence-corrected chi connectivity index (χ1v) is 6.64. The fourth-order valence-electron chi connectivity index (χ4n) is 2.40. The Hall–Kier alpha value is 0.270. The summed E-state index contributed by atoms with van der Waals surface area (Å²) in [6.07, 6.45) is 4.09. The fraction of sp³-hybridized carbons (Fsp3) is 1.00. The van der Waals surface area contributed by atoms with Gasteiger partial charge in [-0.1, -0.05) is 13.3 Å². The summed E-state index contributed by atoms with van der Waals surface area (Å²) in [5.74, 6) is 1.03. The first-order valence-electron chi connectivity index (χ1n) is 6.01. The van der Waals surface area contributed by atoms with Gasteiger partial charge in [-0.3, -0.25) is 4.90 Å². The van der Waals surface area contributed by atoms with Crippen LogP contribution < -0.4 is 0 Å². The molecule has 0 aliphatic heterocycles. The summed E-state index contributed by atoms with van der Waals surface area (Å²) in [4.78, 5) is 2.53. The Labute approximate surface area is 99.8 Å². The highest BCUT2D eigenvalue weighted by atomic mass is 32.1. The van der Waals surface area contributed by atoms with Gasteiger partial charge in [0.2, 0.25) is 0 Å². The molecule has 0 saturated heterocycles. The van der Waals surface area contributed by atoms with Gasteiger partial charge < -0.3 is 4.74 Å². The monoisotopic (exact) mass is 231 g/mol. The molecule has 1 aliphatic carbocycles. The van der Waals surface area contributed by atoms with Gasteiger partial charge in [-0.05, 0) is 37.5 Å². The molecular formula is C12H25NOS. The molecule has 1 saturated carbocycles. The van der Waals surface area contributed by atoms with E-state index in [1.807, 2.05) is 0 Å². The van der Waals surface area contributed by atoms with Crippen LogP contribution in [-0.4, -0.2) is 43.5 Å². The summed E-state index contributed by atoms with van der Waals surface area (Å²) in [5.41, 5.74) is 0.501. The van der Waals surface area contributed by atoms with Gasteiger partial charge in [-0.25, -0.2) is 0 Å².